The fourth-order valence-electron chi connectivity index (χ4n) is 0.472. The first-order valence-electron chi connectivity index (χ1n) is 2.74. The molecule has 0 aliphatic rings. The molecular formula is C6H4ClNO2S. The van der Waals surface area contributed by atoms with E-state index in [1.807, 2.05) is 0 Å². The van der Waals surface area contributed by atoms with E-state index in [1.165, 1.54) is 0 Å². The highest BCUT2D eigenvalue weighted by atomic mass is 35.5. The summed E-state index contributed by atoms with van der Waals surface area (Å²) in [6, 6.07) is 5.27. The third kappa shape index (κ3) is 3.25. The Labute approximate surface area is 72.9 Å². The second kappa shape index (κ2) is 4.20. The summed E-state index contributed by atoms with van der Waals surface area (Å²) in [5.74, 6) is 0. The standard InChI is InChI=1S/C6H4ClNO2S/c7-6(9)10-11-5-3-1-2-4-8-5/h1-4H. The van der Waals surface area contributed by atoms with E-state index in [1.54, 1.807) is 24.4 Å². The summed E-state index contributed by atoms with van der Waals surface area (Å²) in [6.07, 6.45) is 1.60. The van der Waals surface area contributed by atoms with E-state index in [4.69, 9.17) is 11.6 Å². The van der Waals surface area contributed by atoms with E-state index in [0.717, 1.165) is 12.0 Å². The molecule has 0 saturated carbocycles. The van der Waals surface area contributed by atoms with Gasteiger partial charge in [-0.05, 0) is 12.1 Å². The number of hydrogen-bond donors (Lipinski definition) is 0. The molecule has 0 spiro atoms. The maximum Gasteiger partial charge on any atom is 0.416 e. The lowest BCUT2D eigenvalue weighted by Crippen LogP contribution is -1.84. The fraction of sp³-hybridized carbons (Fsp3) is 0. The van der Waals surface area contributed by atoms with Gasteiger partial charge in [0, 0.05) is 17.8 Å². The van der Waals surface area contributed by atoms with Crippen LogP contribution in [0.15, 0.2) is 29.4 Å². The van der Waals surface area contributed by atoms with E-state index in [9.17, 15) is 4.79 Å². The van der Waals surface area contributed by atoms with Crippen molar-refractivity contribution in [3.05, 3.63) is 24.4 Å². The fourth-order valence-corrected chi connectivity index (χ4v) is 0.955. The maximum atomic E-state index is 10.1. The van der Waals surface area contributed by atoms with Crippen molar-refractivity contribution in [3.63, 3.8) is 0 Å². The minimum atomic E-state index is -0.847. The minimum absolute atomic E-state index is 0.599. The molecule has 0 radical (unpaired) electrons. The molecule has 5 heteroatoms. The number of aromatic nitrogens is 1. The first-order chi connectivity index (χ1) is 5.29. The zero-order chi connectivity index (χ0) is 8.10. The van der Waals surface area contributed by atoms with Gasteiger partial charge in [-0.1, -0.05) is 6.07 Å². The summed E-state index contributed by atoms with van der Waals surface area (Å²) < 4.78 is 4.41. The molecule has 11 heavy (non-hydrogen) atoms. The minimum Gasteiger partial charge on any atom is -0.372 e. The van der Waals surface area contributed by atoms with E-state index in [2.05, 4.69) is 9.17 Å². The van der Waals surface area contributed by atoms with Gasteiger partial charge < -0.3 is 4.18 Å². The maximum absolute atomic E-state index is 10.1. The smallest absolute Gasteiger partial charge is 0.372 e. The lowest BCUT2D eigenvalue weighted by atomic mass is 10.5. The summed E-state index contributed by atoms with van der Waals surface area (Å²) in [6.45, 7) is 0. The van der Waals surface area contributed by atoms with Crippen LogP contribution in [-0.2, 0) is 4.18 Å². The molecule has 1 aromatic heterocycles. The van der Waals surface area contributed by atoms with Crippen LogP contribution in [0.4, 0.5) is 4.79 Å². The summed E-state index contributed by atoms with van der Waals surface area (Å²) in [5, 5.41) is 0.599. The highest BCUT2D eigenvalue weighted by Crippen LogP contribution is 2.16. The third-order valence-corrected chi connectivity index (χ3v) is 1.65. The normalized spacial score (nSPS) is 9.18. The number of hydrogen-bond acceptors (Lipinski definition) is 4. The summed E-state index contributed by atoms with van der Waals surface area (Å²) in [4.78, 5) is 14.0. The Morgan fingerprint density at radius 1 is 1.64 bits per heavy atom. The van der Waals surface area contributed by atoms with Crippen LogP contribution >= 0.6 is 23.6 Å². The Balaban J connectivity index is 2.45. The predicted octanol–water partition coefficient (Wildman–Crippen LogP) is 2.46. The zero-order valence-corrected chi connectivity index (χ0v) is 6.93. The molecular weight excluding hydrogens is 186 g/mol. The molecule has 0 saturated heterocycles. The number of halogens is 1. The quantitative estimate of drug-likeness (QED) is 0.529. The number of pyridine rings is 1. The number of nitrogens with zero attached hydrogens (tertiary/aromatic N) is 1. The summed E-state index contributed by atoms with van der Waals surface area (Å²) in [7, 11) is 0. The van der Waals surface area contributed by atoms with E-state index < -0.39 is 5.43 Å². The molecule has 0 aromatic carbocycles. The topological polar surface area (TPSA) is 39.2 Å². The Morgan fingerprint density at radius 2 is 2.45 bits per heavy atom. The van der Waals surface area contributed by atoms with E-state index in [-0.39, 0.29) is 0 Å². The Bertz CT molecular complexity index is 242. The van der Waals surface area contributed by atoms with Crippen molar-refractivity contribution in [3.8, 4) is 0 Å². The molecule has 0 fully saturated rings. The van der Waals surface area contributed by atoms with Crippen LogP contribution in [0.2, 0.25) is 0 Å². The van der Waals surface area contributed by atoms with Crippen molar-refractivity contribution in [2.24, 2.45) is 0 Å². The molecule has 0 atom stereocenters. The Hall–Kier alpha value is -0.740. The van der Waals surface area contributed by atoms with Gasteiger partial charge in [0.05, 0.1) is 0 Å². The van der Waals surface area contributed by atoms with Gasteiger partial charge in [0.25, 0.3) is 0 Å². The van der Waals surface area contributed by atoms with Gasteiger partial charge in [-0.25, -0.2) is 9.78 Å². The molecule has 1 rings (SSSR count). The van der Waals surface area contributed by atoms with Gasteiger partial charge in [0.1, 0.15) is 17.1 Å². The second-order valence-electron chi connectivity index (χ2n) is 1.57. The number of carbonyl (C=O) groups excluding carboxylic acids is 1. The largest absolute Gasteiger partial charge is 0.416 e. The van der Waals surface area contributed by atoms with Crippen LogP contribution in [0, 0.1) is 0 Å². The van der Waals surface area contributed by atoms with E-state index >= 15 is 0 Å². The Morgan fingerprint density at radius 3 is 3.00 bits per heavy atom. The molecule has 58 valence electrons. The van der Waals surface area contributed by atoms with Crippen molar-refractivity contribution in [2.45, 2.75) is 5.03 Å². The Kier molecular flexibility index (Phi) is 3.19. The average molecular weight is 190 g/mol. The van der Waals surface area contributed by atoms with Crippen LogP contribution in [0.1, 0.15) is 0 Å². The first-order valence-corrected chi connectivity index (χ1v) is 3.86. The molecule has 3 nitrogen and oxygen atoms in total. The highest BCUT2D eigenvalue weighted by Gasteiger charge is 1.98. The zero-order valence-electron chi connectivity index (χ0n) is 5.36. The molecule has 0 aliphatic heterocycles. The lowest BCUT2D eigenvalue weighted by molar-refractivity contribution is 0.232. The van der Waals surface area contributed by atoms with Gasteiger partial charge in [0.2, 0.25) is 0 Å². The molecule has 0 unspecified atom stereocenters. The van der Waals surface area contributed by atoms with Crippen molar-refractivity contribution >= 4 is 29.1 Å². The number of carbonyl (C=O) groups is 1. The van der Waals surface area contributed by atoms with Crippen LogP contribution in [0.25, 0.3) is 0 Å². The van der Waals surface area contributed by atoms with Gasteiger partial charge in [-0.15, -0.1) is 0 Å². The summed E-state index contributed by atoms with van der Waals surface area (Å²) in [5.41, 5.74) is -0.847. The molecule has 1 aromatic rings. The second-order valence-corrected chi connectivity index (χ2v) is 2.63. The highest BCUT2D eigenvalue weighted by molar-refractivity contribution is 7.95. The molecule has 0 N–H and O–H groups in total. The third-order valence-electron chi connectivity index (χ3n) is 0.830. The van der Waals surface area contributed by atoms with Crippen LogP contribution in [0.5, 0.6) is 0 Å². The van der Waals surface area contributed by atoms with Gasteiger partial charge in [0.15, 0.2) is 0 Å². The van der Waals surface area contributed by atoms with Crippen molar-refractivity contribution in [1.29, 1.82) is 0 Å². The monoisotopic (exact) mass is 189 g/mol. The van der Waals surface area contributed by atoms with Gasteiger partial charge in [-0.3, -0.25) is 0 Å². The lowest BCUT2D eigenvalue weighted by Gasteiger charge is -1.94. The predicted molar refractivity (Wildman–Crippen MR) is 42.4 cm³/mol. The average Bonchev–Trinajstić information content (AvgIpc) is 2.03. The van der Waals surface area contributed by atoms with Crippen LogP contribution in [0.3, 0.4) is 0 Å². The SMILES string of the molecule is O=C(Cl)OSc1ccccn1. The molecule has 0 amide bonds. The summed E-state index contributed by atoms with van der Waals surface area (Å²) >= 11 is 5.75. The van der Waals surface area contributed by atoms with Gasteiger partial charge >= 0.3 is 5.43 Å². The van der Waals surface area contributed by atoms with Crippen molar-refractivity contribution < 1.29 is 8.98 Å². The van der Waals surface area contributed by atoms with Gasteiger partial charge in [-0.2, -0.15) is 0 Å². The van der Waals surface area contributed by atoms with Crippen molar-refractivity contribution in [2.75, 3.05) is 0 Å². The van der Waals surface area contributed by atoms with Crippen LogP contribution in [-0.4, -0.2) is 10.4 Å². The van der Waals surface area contributed by atoms with E-state index in [0.29, 0.717) is 5.03 Å². The molecule has 0 bridgehead atoms. The number of rotatable bonds is 2. The van der Waals surface area contributed by atoms with Crippen LogP contribution < -0.4 is 0 Å². The molecule has 1 heterocycles. The first kappa shape index (κ1) is 8.36. The van der Waals surface area contributed by atoms with Crippen molar-refractivity contribution in [1.82, 2.24) is 4.98 Å². The molecule has 0 aliphatic carbocycles.